The van der Waals surface area contributed by atoms with E-state index < -0.39 is 0 Å². The summed E-state index contributed by atoms with van der Waals surface area (Å²) in [7, 11) is 0. The van der Waals surface area contributed by atoms with Crippen molar-refractivity contribution >= 4 is 0 Å². The first kappa shape index (κ1) is 7.45. The van der Waals surface area contributed by atoms with E-state index in [4.69, 9.17) is 0 Å². The predicted octanol–water partition coefficient (Wildman–Crippen LogP) is 2.50. The van der Waals surface area contributed by atoms with Crippen LogP contribution in [0.25, 0.3) is 0 Å². The standard InChI is InChI=1S/C8H13NO/c1-6-4-3-5-8(9-10)7(6)2/h4,7-8H,3,5H2,1-2H3. The van der Waals surface area contributed by atoms with Gasteiger partial charge in [0, 0.05) is 5.92 Å². The van der Waals surface area contributed by atoms with Crippen molar-refractivity contribution in [2.24, 2.45) is 11.1 Å². The summed E-state index contributed by atoms with van der Waals surface area (Å²) in [6.45, 7) is 4.14. The Kier molecular flexibility index (Phi) is 2.20. The van der Waals surface area contributed by atoms with Crippen LogP contribution in [0.2, 0.25) is 0 Å². The summed E-state index contributed by atoms with van der Waals surface area (Å²) in [5.74, 6) is 0.367. The van der Waals surface area contributed by atoms with Crippen molar-refractivity contribution < 1.29 is 0 Å². The molecule has 1 rings (SSSR count). The summed E-state index contributed by atoms with van der Waals surface area (Å²) in [4.78, 5) is 10.2. The molecule has 2 unspecified atom stereocenters. The molecule has 0 fully saturated rings. The van der Waals surface area contributed by atoms with Gasteiger partial charge in [0.2, 0.25) is 0 Å². The van der Waals surface area contributed by atoms with Gasteiger partial charge in [-0.15, -0.1) is 0 Å². The topological polar surface area (TPSA) is 29.4 Å². The van der Waals surface area contributed by atoms with Crippen molar-refractivity contribution in [2.75, 3.05) is 0 Å². The Hall–Kier alpha value is -0.660. The first-order valence-corrected chi connectivity index (χ1v) is 3.75. The van der Waals surface area contributed by atoms with Crippen molar-refractivity contribution in [1.29, 1.82) is 0 Å². The molecule has 2 heteroatoms. The molecular weight excluding hydrogens is 126 g/mol. The Labute approximate surface area is 61.3 Å². The molecule has 0 saturated carbocycles. The molecule has 0 radical (unpaired) electrons. The van der Waals surface area contributed by atoms with Crippen LogP contribution in [0.5, 0.6) is 0 Å². The Morgan fingerprint density at radius 3 is 2.90 bits per heavy atom. The third-order valence-electron chi connectivity index (χ3n) is 2.36. The van der Waals surface area contributed by atoms with Crippen molar-refractivity contribution in [2.45, 2.75) is 32.7 Å². The monoisotopic (exact) mass is 139 g/mol. The van der Waals surface area contributed by atoms with Gasteiger partial charge in [-0.3, -0.25) is 0 Å². The molecule has 0 bridgehead atoms. The highest BCUT2D eigenvalue weighted by atomic mass is 16.3. The molecule has 2 atom stereocenters. The van der Waals surface area contributed by atoms with E-state index in [-0.39, 0.29) is 6.04 Å². The molecule has 10 heavy (non-hydrogen) atoms. The lowest BCUT2D eigenvalue weighted by molar-refractivity contribution is 0.463. The molecule has 0 aliphatic heterocycles. The molecule has 2 nitrogen and oxygen atoms in total. The normalized spacial score (nSPS) is 33.2. The smallest absolute Gasteiger partial charge is 0.0984 e. The fourth-order valence-corrected chi connectivity index (χ4v) is 1.37. The summed E-state index contributed by atoms with van der Waals surface area (Å²) in [6.07, 6.45) is 4.15. The van der Waals surface area contributed by atoms with Crippen LogP contribution in [0.4, 0.5) is 0 Å². The highest BCUT2D eigenvalue weighted by molar-refractivity contribution is 5.09. The van der Waals surface area contributed by atoms with E-state index in [9.17, 15) is 4.91 Å². The molecule has 0 heterocycles. The average molecular weight is 139 g/mol. The van der Waals surface area contributed by atoms with E-state index in [0.29, 0.717) is 5.92 Å². The zero-order valence-corrected chi connectivity index (χ0v) is 6.50. The Morgan fingerprint density at radius 1 is 1.70 bits per heavy atom. The molecule has 0 saturated heterocycles. The molecule has 0 spiro atoms. The number of rotatable bonds is 1. The minimum atomic E-state index is 0.0324. The van der Waals surface area contributed by atoms with Gasteiger partial charge in [0.15, 0.2) is 0 Å². The van der Waals surface area contributed by atoms with Gasteiger partial charge in [-0.1, -0.05) is 23.7 Å². The zero-order valence-electron chi connectivity index (χ0n) is 6.50. The van der Waals surface area contributed by atoms with Crippen molar-refractivity contribution in [3.8, 4) is 0 Å². The molecule has 0 aromatic rings. The Balaban J connectivity index is 2.67. The highest BCUT2D eigenvalue weighted by Crippen LogP contribution is 2.26. The summed E-state index contributed by atoms with van der Waals surface area (Å²) in [5, 5.41) is 3.09. The quantitative estimate of drug-likeness (QED) is 0.405. The van der Waals surface area contributed by atoms with Gasteiger partial charge in [-0.2, -0.15) is 4.91 Å². The summed E-state index contributed by atoms with van der Waals surface area (Å²) in [5.41, 5.74) is 1.32. The number of nitrogens with zero attached hydrogens (tertiary/aromatic N) is 1. The van der Waals surface area contributed by atoms with Crippen LogP contribution >= 0.6 is 0 Å². The largest absolute Gasteiger partial charge is 0.150 e. The van der Waals surface area contributed by atoms with Crippen LogP contribution in [0.1, 0.15) is 26.7 Å². The van der Waals surface area contributed by atoms with Crippen LogP contribution in [0, 0.1) is 10.8 Å². The maximum atomic E-state index is 10.2. The van der Waals surface area contributed by atoms with E-state index in [1.165, 1.54) is 5.57 Å². The zero-order chi connectivity index (χ0) is 7.56. The Morgan fingerprint density at radius 2 is 2.40 bits per heavy atom. The minimum absolute atomic E-state index is 0.0324. The molecule has 0 amide bonds. The van der Waals surface area contributed by atoms with Crippen LogP contribution in [0.3, 0.4) is 0 Å². The molecule has 1 aliphatic rings. The summed E-state index contributed by atoms with van der Waals surface area (Å²) in [6, 6.07) is 0.0324. The lowest BCUT2D eigenvalue weighted by Crippen LogP contribution is -2.19. The van der Waals surface area contributed by atoms with Crippen LogP contribution in [0.15, 0.2) is 16.8 Å². The average Bonchev–Trinajstić information content (AvgIpc) is 1.95. The van der Waals surface area contributed by atoms with Gasteiger partial charge >= 0.3 is 0 Å². The highest BCUT2D eigenvalue weighted by Gasteiger charge is 2.21. The lowest BCUT2D eigenvalue weighted by atomic mass is 9.86. The molecule has 56 valence electrons. The first-order valence-electron chi connectivity index (χ1n) is 3.75. The van der Waals surface area contributed by atoms with Crippen LogP contribution in [-0.4, -0.2) is 6.04 Å². The Bertz CT molecular complexity index is 163. The second kappa shape index (κ2) is 2.95. The van der Waals surface area contributed by atoms with E-state index >= 15 is 0 Å². The first-order chi connectivity index (χ1) is 4.75. The van der Waals surface area contributed by atoms with E-state index in [2.05, 4.69) is 25.1 Å². The number of hydrogen-bond donors (Lipinski definition) is 0. The van der Waals surface area contributed by atoms with Crippen molar-refractivity contribution in [1.82, 2.24) is 0 Å². The van der Waals surface area contributed by atoms with Gasteiger partial charge in [0.05, 0.1) is 6.04 Å². The van der Waals surface area contributed by atoms with Gasteiger partial charge in [-0.05, 0) is 19.8 Å². The molecular formula is C8H13NO. The van der Waals surface area contributed by atoms with Crippen molar-refractivity contribution in [3.63, 3.8) is 0 Å². The number of allylic oxidation sites excluding steroid dienone is 1. The third kappa shape index (κ3) is 1.25. The lowest BCUT2D eigenvalue weighted by Gasteiger charge is -2.22. The second-order valence-corrected chi connectivity index (χ2v) is 2.99. The summed E-state index contributed by atoms with van der Waals surface area (Å²) >= 11 is 0. The van der Waals surface area contributed by atoms with E-state index in [1.807, 2.05) is 0 Å². The van der Waals surface area contributed by atoms with E-state index in [1.54, 1.807) is 0 Å². The number of nitroso groups, excluding NO2 is 1. The molecule has 0 N–H and O–H groups in total. The van der Waals surface area contributed by atoms with E-state index in [0.717, 1.165) is 12.8 Å². The maximum absolute atomic E-state index is 10.2. The SMILES string of the molecule is CC1=CCCC(N=O)C1C. The van der Waals surface area contributed by atoms with Gasteiger partial charge in [-0.25, -0.2) is 0 Å². The minimum Gasteiger partial charge on any atom is -0.150 e. The van der Waals surface area contributed by atoms with Gasteiger partial charge < -0.3 is 0 Å². The second-order valence-electron chi connectivity index (χ2n) is 2.99. The predicted molar refractivity (Wildman–Crippen MR) is 41.7 cm³/mol. The van der Waals surface area contributed by atoms with Crippen molar-refractivity contribution in [3.05, 3.63) is 16.6 Å². The third-order valence-corrected chi connectivity index (χ3v) is 2.36. The molecule has 0 aromatic carbocycles. The molecule has 0 aromatic heterocycles. The fourth-order valence-electron chi connectivity index (χ4n) is 1.37. The van der Waals surface area contributed by atoms with Crippen LogP contribution in [-0.2, 0) is 0 Å². The fraction of sp³-hybridized carbons (Fsp3) is 0.750. The van der Waals surface area contributed by atoms with Gasteiger partial charge in [0.1, 0.15) is 0 Å². The number of hydrogen-bond acceptors (Lipinski definition) is 2. The summed E-state index contributed by atoms with van der Waals surface area (Å²) < 4.78 is 0. The molecule has 1 aliphatic carbocycles. The van der Waals surface area contributed by atoms with Crippen LogP contribution < -0.4 is 0 Å². The maximum Gasteiger partial charge on any atom is 0.0984 e. The van der Waals surface area contributed by atoms with Gasteiger partial charge in [0.25, 0.3) is 0 Å².